The van der Waals surface area contributed by atoms with E-state index < -0.39 is 0 Å². The average Bonchev–Trinajstić information content (AvgIpc) is 3.04. The highest BCUT2D eigenvalue weighted by atomic mass is 32.2. The lowest BCUT2D eigenvalue weighted by atomic mass is 10.2. The third kappa shape index (κ3) is 2.95. The Morgan fingerprint density at radius 2 is 2.38 bits per heavy atom. The third-order valence-corrected chi connectivity index (χ3v) is 3.91. The molecule has 0 saturated heterocycles. The predicted molar refractivity (Wildman–Crippen MR) is 64.6 cm³/mol. The lowest BCUT2D eigenvalue weighted by Crippen LogP contribution is -2.27. The number of nitrogens with zero attached hydrogens (tertiary/aromatic N) is 4. The number of tetrazole rings is 1. The largest absolute Gasteiger partial charge is 0.316 e. The van der Waals surface area contributed by atoms with Crippen molar-refractivity contribution in [1.29, 1.82) is 0 Å². The van der Waals surface area contributed by atoms with Crippen molar-refractivity contribution in [3.8, 4) is 0 Å². The maximum atomic E-state index is 4.08. The Labute approximate surface area is 100 Å². The highest BCUT2D eigenvalue weighted by Crippen LogP contribution is 2.36. The highest BCUT2D eigenvalue weighted by Gasteiger charge is 2.28. The van der Waals surface area contributed by atoms with Crippen LogP contribution in [0.5, 0.6) is 0 Å². The molecule has 90 valence electrons. The zero-order valence-corrected chi connectivity index (χ0v) is 10.7. The van der Waals surface area contributed by atoms with Gasteiger partial charge in [0.1, 0.15) is 0 Å². The van der Waals surface area contributed by atoms with E-state index in [1.807, 2.05) is 11.7 Å². The molecule has 0 aliphatic heterocycles. The van der Waals surface area contributed by atoms with Crippen LogP contribution in [0, 0.1) is 0 Å². The Hall–Kier alpha value is -0.620. The van der Waals surface area contributed by atoms with Gasteiger partial charge in [0.05, 0.1) is 6.04 Å². The molecule has 1 aromatic rings. The van der Waals surface area contributed by atoms with Gasteiger partial charge in [-0.2, -0.15) is 0 Å². The number of nitrogens with one attached hydrogen (secondary N) is 1. The van der Waals surface area contributed by atoms with Gasteiger partial charge >= 0.3 is 0 Å². The van der Waals surface area contributed by atoms with Crippen LogP contribution in [0.15, 0.2) is 5.16 Å². The molecule has 1 N–H and O–H groups in total. The average molecular weight is 241 g/mol. The molecule has 1 unspecified atom stereocenters. The van der Waals surface area contributed by atoms with Gasteiger partial charge < -0.3 is 5.32 Å². The van der Waals surface area contributed by atoms with Crippen LogP contribution in [0.3, 0.4) is 0 Å². The van der Waals surface area contributed by atoms with Crippen LogP contribution in [0.25, 0.3) is 0 Å². The molecular weight excluding hydrogens is 222 g/mol. The summed E-state index contributed by atoms with van der Waals surface area (Å²) in [5.74, 6) is 1.04. The van der Waals surface area contributed by atoms with Crippen LogP contribution >= 0.6 is 11.8 Å². The summed E-state index contributed by atoms with van der Waals surface area (Å²) in [4.78, 5) is 0. The van der Waals surface area contributed by atoms with Gasteiger partial charge in [-0.15, -0.1) is 5.10 Å². The molecular formula is C10H19N5S. The Kier molecular flexibility index (Phi) is 4.17. The van der Waals surface area contributed by atoms with E-state index in [1.165, 1.54) is 25.7 Å². The summed E-state index contributed by atoms with van der Waals surface area (Å²) in [6.45, 7) is 2.21. The van der Waals surface area contributed by atoms with E-state index in [1.54, 1.807) is 11.8 Å². The molecule has 1 aliphatic carbocycles. The van der Waals surface area contributed by atoms with E-state index in [2.05, 4.69) is 27.8 Å². The molecule has 0 radical (unpaired) electrons. The summed E-state index contributed by atoms with van der Waals surface area (Å²) in [6.07, 6.45) is 4.86. The van der Waals surface area contributed by atoms with Gasteiger partial charge in [0.2, 0.25) is 5.16 Å². The highest BCUT2D eigenvalue weighted by molar-refractivity contribution is 7.99. The first-order valence-corrected chi connectivity index (χ1v) is 6.91. The van der Waals surface area contributed by atoms with Gasteiger partial charge in [-0.3, -0.25) is 0 Å². The second-order valence-corrected chi connectivity index (χ2v) is 5.21. The fourth-order valence-corrected chi connectivity index (χ4v) is 2.76. The van der Waals surface area contributed by atoms with Gasteiger partial charge in [0.25, 0.3) is 0 Å². The molecule has 0 spiro atoms. The lowest BCUT2D eigenvalue weighted by molar-refractivity contribution is 0.554. The van der Waals surface area contributed by atoms with Crippen LogP contribution in [0.1, 0.15) is 38.6 Å². The molecule has 16 heavy (non-hydrogen) atoms. The minimum atomic E-state index is 0.555. The van der Waals surface area contributed by atoms with Crippen LogP contribution in [-0.2, 0) is 0 Å². The van der Waals surface area contributed by atoms with E-state index >= 15 is 0 Å². The molecule has 1 heterocycles. The molecule has 5 nitrogen and oxygen atoms in total. The van der Waals surface area contributed by atoms with Crippen LogP contribution in [-0.4, -0.2) is 39.0 Å². The molecule has 1 aromatic heterocycles. The van der Waals surface area contributed by atoms with Crippen molar-refractivity contribution >= 4 is 11.8 Å². The van der Waals surface area contributed by atoms with Crippen molar-refractivity contribution in [3.63, 3.8) is 0 Å². The summed E-state index contributed by atoms with van der Waals surface area (Å²) in [6, 6.07) is 1.12. The summed E-state index contributed by atoms with van der Waals surface area (Å²) in [5.41, 5.74) is 0. The molecule has 2 rings (SSSR count). The van der Waals surface area contributed by atoms with Crippen molar-refractivity contribution in [2.75, 3.05) is 12.8 Å². The summed E-state index contributed by atoms with van der Waals surface area (Å²) in [7, 11) is 2.02. The molecule has 6 heteroatoms. The summed E-state index contributed by atoms with van der Waals surface area (Å²) in [5, 5.41) is 16.2. The molecule has 1 saturated carbocycles. The van der Waals surface area contributed by atoms with E-state index in [4.69, 9.17) is 0 Å². The summed E-state index contributed by atoms with van der Waals surface area (Å²) >= 11 is 1.76. The monoisotopic (exact) mass is 241 g/mol. The zero-order chi connectivity index (χ0) is 11.4. The molecule has 0 aromatic carbocycles. The Bertz CT molecular complexity index is 323. The Morgan fingerprint density at radius 3 is 3.00 bits per heavy atom. The van der Waals surface area contributed by atoms with E-state index in [0.717, 1.165) is 10.9 Å². The van der Waals surface area contributed by atoms with Gasteiger partial charge in [-0.25, -0.2) is 4.68 Å². The van der Waals surface area contributed by atoms with Crippen molar-refractivity contribution in [2.45, 2.75) is 49.8 Å². The first-order valence-electron chi connectivity index (χ1n) is 5.93. The van der Waals surface area contributed by atoms with Crippen molar-refractivity contribution in [2.24, 2.45) is 0 Å². The van der Waals surface area contributed by atoms with E-state index in [9.17, 15) is 0 Å². The number of hydrogen-bond acceptors (Lipinski definition) is 5. The minimum Gasteiger partial charge on any atom is -0.316 e. The first kappa shape index (κ1) is 11.9. The topological polar surface area (TPSA) is 55.6 Å². The van der Waals surface area contributed by atoms with E-state index in [-0.39, 0.29) is 0 Å². The predicted octanol–water partition coefficient (Wildman–Crippen LogP) is 1.49. The SMILES string of the molecule is CCCC(CSc1nnnn1C1CC1)NC. The lowest BCUT2D eigenvalue weighted by Gasteiger charge is -2.13. The van der Waals surface area contributed by atoms with Gasteiger partial charge in [0, 0.05) is 11.8 Å². The smallest absolute Gasteiger partial charge is 0.209 e. The zero-order valence-electron chi connectivity index (χ0n) is 9.89. The maximum absolute atomic E-state index is 4.08. The van der Waals surface area contributed by atoms with Crippen molar-refractivity contribution in [1.82, 2.24) is 25.5 Å². The van der Waals surface area contributed by atoms with Gasteiger partial charge in [-0.05, 0) is 36.7 Å². The molecule has 0 amide bonds. The quantitative estimate of drug-likeness (QED) is 0.733. The Balaban J connectivity index is 1.85. The maximum Gasteiger partial charge on any atom is 0.209 e. The standard InChI is InChI=1S/C10H19N5S/c1-3-4-8(11-2)7-16-10-12-13-14-15(10)9-5-6-9/h8-9,11H,3-7H2,1-2H3. The second kappa shape index (κ2) is 5.63. The molecule has 0 bridgehead atoms. The second-order valence-electron chi connectivity index (χ2n) is 4.22. The third-order valence-electron chi connectivity index (χ3n) is 2.81. The van der Waals surface area contributed by atoms with Crippen LogP contribution < -0.4 is 5.32 Å². The fourth-order valence-electron chi connectivity index (χ4n) is 1.66. The Morgan fingerprint density at radius 1 is 1.56 bits per heavy atom. The normalized spacial score (nSPS) is 17.6. The molecule has 1 atom stereocenters. The minimum absolute atomic E-state index is 0.555. The van der Waals surface area contributed by atoms with Crippen molar-refractivity contribution < 1.29 is 0 Å². The van der Waals surface area contributed by atoms with Crippen LogP contribution in [0.2, 0.25) is 0 Å². The summed E-state index contributed by atoms with van der Waals surface area (Å²) < 4.78 is 1.98. The van der Waals surface area contributed by atoms with Crippen LogP contribution in [0.4, 0.5) is 0 Å². The molecule has 1 fully saturated rings. The fraction of sp³-hybridized carbons (Fsp3) is 0.900. The van der Waals surface area contributed by atoms with Gasteiger partial charge in [0.15, 0.2) is 0 Å². The number of rotatable bonds is 7. The number of hydrogen-bond donors (Lipinski definition) is 1. The first-order chi connectivity index (χ1) is 7.85. The number of aromatic nitrogens is 4. The van der Waals surface area contributed by atoms with Crippen molar-refractivity contribution in [3.05, 3.63) is 0 Å². The van der Waals surface area contributed by atoms with E-state index in [0.29, 0.717) is 12.1 Å². The van der Waals surface area contributed by atoms with Gasteiger partial charge in [-0.1, -0.05) is 25.1 Å². The molecule has 1 aliphatic rings. The number of thioether (sulfide) groups is 1.